The molecule has 0 aromatic carbocycles. The van der Waals surface area contributed by atoms with Gasteiger partial charge >= 0.3 is 0 Å². The van der Waals surface area contributed by atoms with Crippen molar-refractivity contribution in [3.8, 4) is 0 Å². The van der Waals surface area contributed by atoms with E-state index in [0.29, 0.717) is 11.5 Å². The maximum Gasteiger partial charge on any atom is 0.0131 e. The molecule has 2 nitrogen and oxygen atoms in total. The van der Waals surface area contributed by atoms with Gasteiger partial charge in [0.15, 0.2) is 0 Å². The van der Waals surface area contributed by atoms with Gasteiger partial charge in [0.05, 0.1) is 0 Å². The second kappa shape index (κ2) is 7.46. The van der Waals surface area contributed by atoms with Crippen molar-refractivity contribution in [1.29, 1.82) is 0 Å². The minimum absolute atomic E-state index is 0.447. The van der Waals surface area contributed by atoms with Gasteiger partial charge in [-0.05, 0) is 62.8 Å². The fourth-order valence-corrected chi connectivity index (χ4v) is 4.83. The first-order valence-electron chi connectivity index (χ1n) is 9.44. The van der Waals surface area contributed by atoms with Gasteiger partial charge in [0.2, 0.25) is 0 Å². The van der Waals surface area contributed by atoms with Gasteiger partial charge < -0.3 is 5.73 Å². The van der Waals surface area contributed by atoms with Crippen molar-refractivity contribution in [2.24, 2.45) is 17.1 Å². The average Bonchev–Trinajstić information content (AvgIpc) is 2.45. The molecule has 2 rings (SSSR count). The minimum Gasteiger partial charge on any atom is -0.328 e. The Kier molecular flexibility index (Phi) is 6.14. The summed E-state index contributed by atoms with van der Waals surface area (Å²) in [5.74, 6) is 0.869. The lowest BCUT2D eigenvalue weighted by molar-refractivity contribution is 0.00348. The predicted molar refractivity (Wildman–Crippen MR) is 92.4 cm³/mol. The van der Waals surface area contributed by atoms with Gasteiger partial charge in [-0.15, -0.1) is 0 Å². The molecule has 124 valence electrons. The summed E-state index contributed by atoms with van der Waals surface area (Å²) >= 11 is 0. The first-order valence-corrected chi connectivity index (χ1v) is 9.44. The monoisotopic (exact) mass is 294 g/mol. The van der Waals surface area contributed by atoms with Gasteiger partial charge in [0, 0.05) is 18.1 Å². The minimum atomic E-state index is 0.447. The maximum absolute atomic E-state index is 6.13. The summed E-state index contributed by atoms with van der Waals surface area (Å²) in [4.78, 5) is 2.92. The molecule has 2 fully saturated rings. The molecule has 2 unspecified atom stereocenters. The number of nitrogens with two attached hydrogens (primary N) is 1. The molecule has 0 aromatic rings. The van der Waals surface area contributed by atoms with E-state index in [9.17, 15) is 0 Å². The summed E-state index contributed by atoms with van der Waals surface area (Å²) in [6, 6.07) is 2.09. The molecule has 2 saturated carbocycles. The molecule has 0 heterocycles. The van der Waals surface area contributed by atoms with Gasteiger partial charge in [-0.1, -0.05) is 40.5 Å². The molecule has 0 amide bonds. The molecule has 0 bridgehead atoms. The van der Waals surface area contributed by atoms with Gasteiger partial charge in [0.1, 0.15) is 0 Å². The smallest absolute Gasteiger partial charge is 0.0131 e. The summed E-state index contributed by atoms with van der Waals surface area (Å²) in [5, 5.41) is 0. The van der Waals surface area contributed by atoms with Gasteiger partial charge in [-0.3, -0.25) is 4.90 Å². The Morgan fingerprint density at radius 1 is 0.952 bits per heavy atom. The number of nitrogens with zero attached hydrogens (tertiary/aromatic N) is 1. The van der Waals surface area contributed by atoms with Crippen LogP contribution >= 0.6 is 0 Å². The van der Waals surface area contributed by atoms with E-state index >= 15 is 0 Å². The van der Waals surface area contributed by atoms with Gasteiger partial charge in [-0.2, -0.15) is 0 Å². The Bertz CT molecular complexity index is 299. The molecular weight excluding hydrogens is 256 g/mol. The van der Waals surface area contributed by atoms with Crippen LogP contribution in [-0.4, -0.2) is 29.6 Å². The highest BCUT2D eigenvalue weighted by Crippen LogP contribution is 2.42. The predicted octanol–water partition coefficient (Wildman–Crippen LogP) is 4.57. The third-order valence-corrected chi connectivity index (χ3v) is 5.96. The van der Waals surface area contributed by atoms with Crippen LogP contribution in [0.3, 0.4) is 0 Å². The molecule has 2 aliphatic rings. The van der Waals surface area contributed by atoms with Crippen LogP contribution < -0.4 is 5.73 Å². The summed E-state index contributed by atoms with van der Waals surface area (Å²) in [6.07, 6.45) is 12.1. The highest BCUT2D eigenvalue weighted by Gasteiger charge is 2.39. The van der Waals surface area contributed by atoms with Crippen LogP contribution in [0.4, 0.5) is 0 Å². The van der Waals surface area contributed by atoms with E-state index in [2.05, 4.69) is 32.6 Å². The Balaban J connectivity index is 2.11. The van der Waals surface area contributed by atoms with Crippen LogP contribution in [0.15, 0.2) is 0 Å². The van der Waals surface area contributed by atoms with Crippen LogP contribution in [0.2, 0.25) is 0 Å². The van der Waals surface area contributed by atoms with Crippen LogP contribution in [0.5, 0.6) is 0 Å². The Morgan fingerprint density at radius 3 is 2.14 bits per heavy atom. The van der Waals surface area contributed by atoms with Crippen molar-refractivity contribution in [2.45, 2.75) is 104 Å². The molecule has 2 aliphatic carbocycles. The summed E-state index contributed by atoms with van der Waals surface area (Å²) in [6.45, 7) is 11.0. The molecule has 0 saturated heterocycles. The third-order valence-electron chi connectivity index (χ3n) is 5.96. The second-order valence-corrected chi connectivity index (χ2v) is 8.63. The zero-order chi connectivity index (χ0) is 15.5. The summed E-state index contributed by atoms with van der Waals surface area (Å²) in [5.41, 5.74) is 6.57. The highest BCUT2D eigenvalue weighted by atomic mass is 15.2. The van der Waals surface area contributed by atoms with Crippen molar-refractivity contribution in [1.82, 2.24) is 4.90 Å². The Morgan fingerprint density at radius 2 is 1.57 bits per heavy atom. The largest absolute Gasteiger partial charge is 0.328 e. The Labute approximate surface area is 132 Å². The molecule has 2 heteroatoms. The first-order chi connectivity index (χ1) is 9.93. The molecule has 0 aliphatic heterocycles. The topological polar surface area (TPSA) is 29.3 Å². The average molecular weight is 295 g/mol. The molecule has 0 radical (unpaired) electrons. The van der Waals surface area contributed by atoms with E-state index in [0.717, 1.165) is 18.0 Å². The normalized spacial score (nSPS) is 35.1. The van der Waals surface area contributed by atoms with Crippen molar-refractivity contribution in [2.75, 3.05) is 6.54 Å². The molecule has 2 atom stereocenters. The van der Waals surface area contributed by atoms with E-state index in [1.54, 1.807) is 0 Å². The highest BCUT2D eigenvalue weighted by molar-refractivity contribution is 4.93. The zero-order valence-corrected chi connectivity index (χ0v) is 14.9. The number of rotatable bonds is 4. The lowest BCUT2D eigenvalue weighted by Crippen LogP contribution is -2.53. The SMILES string of the molecule is CCCN(C1CCC(N)CC1)C1CCCCC1C(C)(C)C. The van der Waals surface area contributed by atoms with E-state index < -0.39 is 0 Å². The first kappa shape index (κ1) is 17.3. The zero-order valence-electron chi connectivity index (χ0n) is 14.9. The number of hydrogen-bond acceptors (Lipinski definition) is 2. The molecular formula is C19H38N2. The fourth-order valence-electron chi connectivity index (χ4n) is 4.83. The number of hydrogen-bond donors (Lipinski definition) is 1. The quantitative estimate of drug-likeness (QED) is 0.822. The van der Waals surface area contributed by atoms with Crippen LogP contribution in [0.25, 0.3) is 0 Å². The lowest BCUT2D eigenvalue weighted by atomic mass is 9.68. The molecule has 0 aromatic heterocycles. The van der Waals surface area contributed by atoms with Crippen LogP contribution in [-0.2, 0) is 0 Å². The molecule has 0 spiro atoms. The standard InChI is InChI=1S/C19H38N2/c1-5-14-21(16-12-10-15(20)11-13-16)18-9-7-6-8-17(18)19(2,3)4/h15-18H,5-14,20H2,1-4H3. The second-order valence-electron chi connectivity index (χ2n) is 8.63. The van der Waals surface area contributed by atoms with Gasteiger partial charge in [0.25, 0.3) is 0 Å². The summed E-state index contributed by atoms with van der Waals surface area (Å²) in [7, 11) is 0. The Hall–Kier alpha value is -0.0800. The van der Waals surface area contributed by atoms with Crippen LogP contribution in [0.1, 0.15) is 85.5 Å². The van der Waals surface area contributed by atoms with Crippen molar-refractivity contribution < 1.29 is 0 Å². The maximum atomic E-state index is 6.13. The van der Waals surface area contributed by atoms with E-state index in [4.69, 9.17) is 5.73 Å². The van der Waals surface area contributed by atoms with Crippen molar-refractivity contribution in [3.63, 3.8) is 0 Å². The van der Waals surface area contributed by atoms with E-state index in [-0.39, 0.29) is 0 Å². The fraction of sp³-hybridized carbons (Fsp3) is 1.00. The van der Waals surface area contributed by atoms with Crippen molar-refractivity contribution in [3.05, 3.63) is 0 Å². The third kappa shape index (κ3) is 4.45. The molecule has 21 heavy (non-hydrogen) atoms. The lowest BCUT2D eigenvalue weighted by Gasteiger charge is -2.49. The summed E-state index contributed by atoms with van der Waals surface area (Å²) < 4.78 is 0. The van der Waals surface area contributed by atoms with E-state index in [1.807, 2.05) is 0 Å². The molecule has 2 N–H and O–H groups in total. The van der Waals surface area contributed by atoms with Gasteiger partial charge in [-0.25, -0.2) is 0 Å². The van der Waals surface area contributed by atoms with Crippen molar-refractivity contribution >= 4 is 0 Å². The van der Waals surface area contributed by atoms with E-state index in [1.165, 1.54) is 64.3 Å². The van der Waals surface area contributed by atoms with Crippen LogP contribution in [0, 0.1) is 11.3 Å².